The first-order valence-electron chi connectivity index (χ1n) is 9.74. The lowest BCUT2D eigenvalue weighted by molar-refractivity contribution is 0.145. The summed E-state index contributed by atoms with van der Waals surface area (Å²) in [5.41, 5.74) is 0.893. The summed E-state index contributed by atoms with van der Waals surface area (Å²) in [7, 11) is 0. The Balaban J connectivity index is 1.30. The van der Waals surface area contributed by atoms with Crippen molar-refractivity contribution in [2.24, 2.45) is 0 Å². The maximum Gasteiger partial charge on any atom is 0.315 e. The van der Waals surface area contributed by atoms with Gasteiger partial charge in [-0.05, 0) is 37.7 Å². The molecule has 5 nitrogen and oxygen atoms in total. The van der Waals surface area contributed by atoms with E-state index in [1.807, 2.05) is 30.3 Å². The minimum Gasteiger partial charge on any atom is -0.388 e. The number of carbonyl (C=O) groups excluding carboxylic acids is 1. The Morgan fingerprint density at radius 1 is 1.12 bits per heavy atom. The quantitative estimate of drug-likeness (QED) is 0.743. The van der Waals surface area contributed by atoms with Crippen molar-refractivity contribution in [2.75, 3.05) is 19.6 Å². The lowest BCUT2D eigenvalue weighted by atomic mass is 10.0. The van der Waals surface area contributed by atoms with Gasteiger partial charge >= 0.3 is 6.03 Å². The Bertz CT molecular complexity index is 523. The molecule has 0 radical (unpaired) electrons. The van der Waals surface area contributed by atoms with E-state index in [-0.39, 0.29) is 12.1 Å². The predicted octanol–water partition coefficient (Wildman–Crippen LogP) is 2.82. The SMILES string of the molecule is O=C(NCCC(O)c1ccccc1)NC1CCN(C2CCCC2)CC1. The molecule has 2 amide bonds. The summed E-state index contributed by atoms with van der Waals surface area (Å²) >= 11 is 0. The van der Waals surface area contributed by atoms with Gasteiger partial charge in [-0.3, -0.25) is 0 Å². The van der Waals surface area contributed by atoms with Crippen molar-refractivity contribution in [3.63, 3.8) is 0 Å². The van der Waals surface area contributed by atoms with Crippen LogP contribution in [0.5, 0.6) is 0 Å². The predicted molar refractivity (Wildman–Crippen MR) is 99.4 cm³/mol. The minimum atomic E-state index is -0.531. The number of amides is 2. The van der Waals surface area contributed by atoms with E-state index in [1.54, 1.807) is 0 Å². The van der Waals surface area contributed by atoms with E-state index in [1.165, 1.54) is 25.7 Å². The minimum absolute atomic E-state index is 0.112. The molecule has 1 aromatic carbocycles. The number of carbonyl (C=O) groups is 1. The summed E-state index contributed by atoms with van der Waals surface area (Å²) in [6.45, 7) is 2.67. The van der Waals surface area contributed by atoms with Crippen LogP contribution >= 0.6 is 0 Å². The molecule has 5 heteroatoms. The average molecular weight is 345 g/mol. The van der Waals surface area contributed by atoms with Crippen LogP contribution in [0.25, 0.3) is 0 Å². The van der Waals surface area contributed by atoms with Crippen molar-refractivity contribution in [2.45, 2.75) is 63.1 Å². The Hall–Kier alpha value is -1.59. The number of urea groups is 1. The van der Waals surface area contributed by atoms with Crippen molar-refractivity contribution >= 4 is 6.03 Å². The molecule has 1 saturated heterocycles. The van der Waals surface area contributed by atoms with Crippen molar-refractivity contribution in [3.05, 3.63) is 35.9 Å². The molecule has 0 bridgehead atoms. The molecule has 1 atom stereocenters. The van der Waals surface area contributed by atoms with Crippen molar-refractivity contribution in [3.8, 4) is 0 Å². The van der Waals surface area contributed by atoms with Gasteiger partial charge in [0.2, 0.25) is 0 Å². The van der Waals surface area contributed by atoms with Gasteiger partial charge in [0.25, 0.3) is 0 Å². The van der Waals surface area contributed by atoms with Gasteiger partial charge in [-0.15, -0.1) is 0 Å². The van der Waals surface area contributed by atoms with E-state index in [0.717, 1.165) is 37.5 Å². The van der Waals surface area contributed by atoms with Crippen LogP contribution in [0.1, 0.15) is 56.6 Å². The van der Waals surface area contributed by atoms with E-state index < -0.39 is 6.10 Å². The van der Waals surface area contributed by atoms with Crippen LogP contribution in [-0.2, 0) is 0 Å². The number of aliphatic hydroxyl groups excluding tert-OH is 1. The standard InChI is InChI=1S/C20H31N3O2/c24-19(16-6-2-1-3-7-16)10-13-21-20(25)22-17-11-14-23(15-12-17)18-8-4-5-9-18/h1-3,6-7,17-19,24H,4-5,8-15H2,(H2,21,22,25). The fourth-order valence-corrected chi connectivity index (χ4v) is 4.08. The van der Waals surface area contributed by atoms with Crippen molar-refractivity contribution in [1.82, 2.24) is 15.5 Å². The van der Waals surface area contributed by atoms with Crippen LogP contribution in [0.2, 0.25) is 0 Å². The molecule has 25 heavy (non-hydrogen) atoms. The second-order valence-corrected chi connectivity index (χ2v) is 7.36. The zero-order chi connectivity index (χ0) is 17.5. The molecule has 3 rings (SSSR count). The maximum atomic E-state index is 12.0. The average Bonchev–Trinajstić information content (AvgIpc) is 3.18. The Morgan fingerprint density at radius 3 is 2.48 bits per heavy atom. The van der Waals surface area contributed by atoms with Crippen LogP contribution in [0.3, 0.4) is 0 Å². The molecule has 1 heterocycles. The van der Waals surface area contributed by atoms with Gasteiger partial charge in [-0.2, -0.15) is 0 Å². The number of benzene rings is 1. The van der Waals surface area contributed by atoms with E-state index in [4.69, 9.17) is 0 Å². The number of aliphatic hydroxyl groups is 1. The van der Waals surface area contributed by atoms with E-state index >= 15 is 0 Å². The first kappa shape index (κ1) is 18.2. The van der Waals surface area contributed by atoms with Gasteiger partial charge in [0.15, 0.2) is 0 Å². The van der Waals surface area contributed by atoms with Crippen molar-refractivity contribution in [1.29, 1.82) is 0 Å². The lowest BCUT2D eigenvalue weighted by Gasteiger charge is -2.36. The van der Waals surface area contributed by atoms with Gasteiger partial charge in [0.1, 0.15) is 0 Å². The number of hydrogen-bond donors (Lipinski definition) is 3. The Kier molecular flexibility index (Phi) is 6.70. The third kappa shape index (κ3) is 5.44. The normalized spacial score (nSPS) is 21.2. The first-order chi connectivity index (χ1) is 12.2. The highest BCUT2D eigenvalue weighted by Gasteiger charge is 2.27. The van der Waals surface area contributed by atoms with Crippen LogP contribution < -0.4 is 10.6 Å². The summed E-state index contributed by atoms with van der Waals surface area (Å²) < 4.78 is 0. The third-order valence-electron chi connectivity index (χ3n) is 5.59. The molecule has 138 valence electrons. The largest absolute Gasteiger partial charge is 0.388 e. The van der Waals surface area contributed by atoms with Gasteiger partial charge in [0, 0.05) is 31.7 Å². The summed E-state index contributed by atoms with van der Waals surface area (Å²) in [6, 6.07) is 10.5. The third-order valence-corrected chi connectivity index (χ3v) is 5.59. The molecule has 1 unspecified atom stereocenters. The van der Waals surface area contributed by atoms with Crippen LogP contribution in [0, 0.1) is 0 Å². The van der Waals surface area contributed by atoms with Gasteiger partial charge < -0.3 is 20.6 Å². The van der Waals surface area contributed by atoms with Crippen molar-refractivity contribution < 1.29 is 9.90 Å². The zero-order valence-corrected chi connectivity index (χ0v) is 15.0. The Morgan fingerprint density at radius 2 is 1.80 bits per heavy atom. The summed E-state index contributed by atoms with van der Waals surface area (Å²) in [6.07, 6.45) is 7.52. The number of piperidine rings is 1. The van der Waals surface area contributed by atoms with Gasteiger partial charge in [0.05, 0.1) is 6.10 Å². The number of nitrogens with one attached hydrogen (secondary N) is 2. The van der Waals surface area contributed by atoms with E-state index in [2.05, 4.69) is 15.5 Å². The highest BCUT2D eigenvalue weighted by atomic mass is 16.3. The molecule has 0 spiro atoms. The number of nitrogens with zero attached hydrogens (tertiary/aromatic N) is 1. The molecule has 1 aliphatic heterocycles. The molecule has 1 aliphatic carbocycles. The zero-order valence-electron chi connectivity index (χ0n) is 15.0. The molecule has 2 aliphatic rings. The molecule has 1 aromatic rings. The topological polar surface area (TPSA) is 64.6 Å². The lowest BCUT2D eigenvalue weighted by Crippen LogP contribution is -2.49. The first-order valence-corrected chi connectivity index (χ1v) is 9.74. The molecule has 1 saturated carbocycles. The molecule has 2 fully saturated rings. The summed E-state index contributed by atoms with van der Waals surface area (Å²) in [5, 5.41) is 16.1. The van der Waals surface area contributed by atoms with E-state index in [0.29, 0.717) is 13.0 Å². The molecular weight excluding hydrogens is 314 g/mol. The maximum absolute atomic E-state index is 12.0. The number of hydrogen-bond acceptors (Lipinski definition) is 3. The smallest absolute Gasteiger partial charge is 0.315 e. The van der Waals surface area contributed by atoms with E-state index in [9.17, 15) is 9.90 Å². The monoisotopic (exact) mass is 345 g/mol. The second kappa shape index (κ2) is 9.20. The van der Waals surface area contributed by atoms with Gasteiger partial charge in [-0.25, -0.2) is 4.79 Å². The number of rotatable bonds is 6. The van der Waals surface area contributed by atoms with Crippen LogP contribution in [-0.4, -0.2) is 47.8 Å². The van der Waals surface area contributed by atoms with Crippen LogP contribution in [0.15, 0.2) is 30.3 Å². The highest BCUT2D eigenvalue weighted by molar-refractivity contribution is 5.74. The van der Waals surface area contributed by atoms with Gasteiger partial charge in [-0.1, -0.05) is 43.2 Å². The fraction of sp³-hybridized carbons (Fsp3) is 0.650. The number of likely N-dealkylation sites (tertiary alicyclic amines) is 1. The summed E-state index contributed by atoms with van der Waals surface area (Å²) in [5.74, 6) is 0. The van der Waals surface area contributed by atoms with Crippen LogP contribution in [0.4, 0.5) is 4.79 Å². The highest BCUT2D eigenvalue weighted by Crippen LogP contribution is 2.26. The Labute approximate surface area is 150 Å². The molecule has 3 N–H and O–H groups in total. The second-order valence-electron chi connectivity index (χ2n) is 7.36. The molecular formula is C20H31N3O2. The fourth-order valence-electron chi connectivity index (χ4n) is 4.08. The summed E-state index contributed by atoms with van der Waals surface area (Å²) in [4.78, 5) is 14.7. The molecule has 0 aromatic heterocycles.